The van der Waals surface area contributed by atoms with Gasteiger partial charge in [0.25, 0.3) is 11.5 Å². The molecule has 1 amide bonds. The number of carbonyl (C=O) groups is 1. The van der Waals surface area contributed by atoms with Crippen molar-refractivity contribution >= 4 is 23.0 Å². The fourth-order valence-corrected chi connectivity index (χ4v) is 5.46. The van der Waals surface area contributed by atoms with Crippen LogP contribution in [0.15, 0.2) is 83.8 Å². The number of aromatic nitrogens is 1. The number of para-hydroxylation sites is 1. The van der Waals surface area contributed by atoms with E-state index in [2.05, 4.69) is 31.1 Å². The number of morpholine rings is 1. The highest BCUT2D eigenvalue weighted by molar-refractivity contribution is 6.05. The van der Waals surface area contributed by atoms with Crippen LogP contribution in [0, 0.1) is 13.8 Å². The van der Waals surface area contributed by atoms with E-state index in [1.165, 1.54) is 5.56 Å². The summed E-state index contributed by atoms with van der Waals surface area (Å²) in [7, 11) is 1.79. The van der Waals surface area contributed by atoms with E-state index in [1.807, 2.05) is 97.8 Å². The van der Waals surface area contributed by atoms with Crippen LogP contribution in [0.25, 0.3) is 11.1 Å². The molecule has 1 aliphatic rings. The fraction of sp³-hybridized carbons (Fsp3) is 0.314. The zero-order valence-corrected chi connectivity index (χ0v) is 25.4. The van der Waals surface area contributed by atoms with Gasteiger partial charge in [-0.1, -0.05) is 63.2 Å². The van der Waals surface area contributed by atoms with Gasteiger partial charge >= 0.3 is 0 Å². The molecule has 1 aromatic heterocycles. The number of hydrogen-bond donors (Lipinski definition) is 1. The van der Waals surface area contributed by atoms with Gasteiger partial charge in [0.2, 0.25) is 0 Å². The molecule has 7 nitrogen and oxygen atoms in total. The molecule has 7 heteroatoms. The topological polar surface area (TPSA) is 66.8 Å². The third-order valence-electron chi connectivity index (χ3n) is 7.97. The van der Waals surface area contributed by atoms with Gasteiger partial charge in [0.05, 0.1) is 18.9 Å². The molecule has 3 aromatic carbocycles. The molecule has 218 valence electrons. The Hall–Kier alpha value is -4.20. The number of amides is 1. The number of rotatable bonds is 6. The number of anilines is 3. The third-order valence-corrected chi connectivity index (χ3v) is 7.97. The van der Waals surface area contributed by atoms with Crippen molar-refractivity contribution in [1.82, 2.24) is 9.58 Å². The highest BCUT2D eigenvalue weighted by atomic mass is 16.5. The van der Waals surface area contributed by atoms with E-state index in [1.54, 1.807) is 11.6 Å². The summed E-state index contributed by atoms with van der Waals surface area (Å²) >= 11 is 0. The van der Waals surface area contributed by atoms with Crippen LogP contribution >= 0.6 is 0 Å². The molecule has 0 unspecified atom stereocenters. The van der Waals surface area contributed by atoms with Crippen LogP contribution in [0.3, 0.4) is 0 Å². The predicted molar refractivity (Wildman–Crippen MR) is 171 cm³/mol. The minimum atomic E-state index is -0.156. The molecule has 0 bridgehead atoms. The van der Waals surface area contributed by atoms with Crippen LogP contribution in [0.4, 0.5) is 17.1 Å². The maximum absolute atomic E-state index is 13.8. The molecule has 0 radical (unpaired) electrons. The molecule has 5 rings (SSSR count). The zero-order chi connectivity index (χ0) is 30.0. The van der Waals surface area contributed by atoms with Crippen molar-refractivity contribution < 1.29 is 9.53 Å². The van der Waals surface area contributed by atoms with Crippen molar-refractivity contribution in [3.63, 3.8) is 0 Å². The fourth-order valence-electron chi connectivity index (χ4n) is 5.46. The number of ether oxygens (including phenoxy) is 1. The lowest BCUT2D eigenvalue weighted by Gasteiger charge is -2.39. The van der Waals surface area contributed by atoms with Crippen molar-refractivity contribution in [3.05, 3.63) is 112 Å². The van der Waals surface area contributed by atoms with E-state index in [4.69, 9.17) is 4.74 Å². The molecule has 0 spiro atoms. The number of aryl methyl sites for hydroxylation is 1. The summed E-state index contributed by atoms with van der Waals surface area (Å²) in [6.45, 7) is 13.0. The molecule has 1 N–H and O–H groups in total. The Morgan fingerprint density at radius 1 is 0.857 bits per heavy atom. The van der Waals surface area contributed by atoms with Crippen molar-refractivity contribution in [1.29, 1.82) is 0 Å². The Morgan fingerprint density at radius 3 is 2.17 bits per heavy atom. The first-order chi connectivity index (χ1) is 20.1. The largest absolute Gasteiger partial charge is 0.379 e. The molecule has 1 fully saturated rings. The molecule has 42 heavy (non-hydrogen) atoms. The molecule has 1 aliphatic heterocycles. The molecule has 0 aliphatic carbocycles. The van der Waals surface area contributed by atoms with Crippen molar-refractivity contribution in [2.24, 2.45) is 7.05 Å². The number of carbonyl (C=O) groups excluding carboxylic acids is 1. The average molecular weight is 565 g/mol. The monoisotopic (exact) mass is 564 g/mol. The Labute approximate surface area is 248 Å². The van der Waals surface area contributed by atoms with E-state index < -0.39 is 0 Å². The van der Waals surface area contributed by atoms with Gasteiger partial charge in [0.15, 0.2) is 0 Å². The summed E-state index contributed by atoms with van der Waals surface area (Å²) in [4.78, 5) is 27.0. The number of pyridine rings is 1. The van der Waals surface area contributed by atoms with Crippen LogP contribution < -0.4 is 15.9 Å². The van der Waals surface area contributed by atoms with Crippen molar-refractivity contribution in [3.8, 4) is 11.1 Å². The summed E-state index contributed by atoms with van der Waals surface area (Å²) in [5, 5.41) is 7.34. The van der Waals surface area contributed by atoms with Crippen LogP contribution in [0.2, 0.25) is 0 Å². The lowest BCUT2D eigenvalue weighted by atomic mass is 9.86. The van der Waals surface area contributed by atoms with Gasteiger partial charge in [0, 0.05) is 43.1 Å². The Morgan fingerprint density at radius 2 is 1.52 bits per heavy atom. The van der Waals surface area contributed by atoms with Crippen LogP contribution in [-0.2, 0) is 17.2 Å². The Balaban J connectivity index is 1.55. The van der Waals surface area contributed by atoms with E-state index in [-0.39, 0.29) is 16.9 Å². The van der Waals surface area contributed by atoms with Crippen LogP contribution in [-0.4, -0.2) is 41.8 Å². The van der Waals surface area contributed by atoms with Crippen LogP contribution in [0.1, 0.15) is 47.8 Å². The van der Waals surface area contributed by atoms with Crippen molar-refractivity contribution in [2.75, 3.05) is 36.6 Å². The second-order valence-corrected chi connectivity index (χ2v) is 11.9. The second-order valence-electron chi connectivity index (χ2n) is 11.9. The predicted octanol–water partition coefficient (Wildman–Crippen LogP) is 6.60. The van der Waals surface area contributed by atoms with Gasteiger partial charge in [0.1, 0.15) is 5.69 Å². The highest BCUT2D eigenvalue weighted by Gasteiger charge is 2.27. The third kappa shape index (κ3) is 5.89. The lowest BCUT2D eigenvalue weighted by molar-refractivity contribution is 0.0376. The smallest absolute Gasteiger partial charge is 0.275 e. The van der Waals surface area contributed by atoms with E-state index in [0.717, 1.165) is 33.6 Å². The molecule has 0 atom stereocenters. The molecule has 1 saturated heterocycles. The van der Waals surface area contributed by atoms with Gasteiger partial charge in [-0.15, -0.1) is 0 Å². The number of hydrogen-bond acceptors (Lipinski definition) is 5. The van der Waals surface area contributed by atoms with Gasteiger partial charge in [-0.3, -0.25) is 14.6 Å². The first-order valence-corrected chi connectivity index (χ1v) is 14.5. The molecule has 0 saturated carbocycles. The van der Waals surface area contributed by atoms with Gasteiger partial charge in [-0.05, 0) is 71.8 Å². The SMILES string of the molecule is Cc1c(NC(=O)c2ccc(C(C)(C)C)cc2)cccc1-c1cn(C)c(=O)c(N(c2ccccc2)N2CCOCC2)c1C. The number of nitrogens with zero attached hydrogens (tertiary/aromatic N) is 3. The first-order valence-electron chi connectivity index (χ1n) is 14.5. The first kappa shape index (κ1) is 29.3. The zero-order valence-electron chi connectivity index (χ0n) is 25.4. The van der Waals surface area contributed by atoms with Crippen molar-refractivity contribution in [2.45, 2.75) is 40.0 Å². The average Bonchev–Trinajstić information content (AvgIpc) is 2.99. The summed E-state index contributed by atoms with van der Waals surface area (Å²) < 4.78 is 7.27. The molecule has 4 aromatic rings. The normalized spacial score (nSPS) is 14.0. The van der Waals surface area contributed by atoms with E-state index in [9.17, 15) is 9.59 Å². The number of hydrazine groups is 1. The lowest BCUT2D eigenvalue weighted by Crippen LogP contribution is -2.48. The minimum Gasteiger partial charge on any atom is -0.379 e. The molecular formula is C35H40N4O3. The summed E-state index contributed by atoms with van der Waals surface area (Å²) in [6.07, 6.45) is 1.89. The van der Waals surface area contributed by atoms with Gasteiger partial charge in [-0.25, -0.2) is 5.01 Å². The Bertz CT molecular complexity index is 1630. The van der Waals surface area contributed by atoms with Gasteiger partial charge in [-0.2, -0.15) is 0 Å². The maximum atomic E-state index is 13.8. The van der Waals surface area contributed by atoms with E-state index >= 15 is 0 Å². The maximum Gasteiger partial charge on any atom is 0.275 e. The highest BCUT2D eigenvalue weighted by Crippen LogP contribution is 2.36. The minimum absolute atomic E-state index is 0.0181. The molecule has 2 heterocycles. The van der Waals surface area contributed by atoms with Crippen LogP contribution in [0.5, 0.6) is 0 Å². The quantitative estimate of drug-likeness (QED) is 0.286. The molecular weight excluding hydrogens is 524 g/mol. The summed E-state index contributed by atoms with van der Waals surface area (Å²) in [5.41, 5.74) is 7.70. The standard InChI is InChI=1S/C35H40N4O3/c1-24-29(13-10-14-31(24)36-33(40)26-15-17-27(18-16-26)35(3,4)5)30-23-37(6)34(41)32(25(30)2)39(28-11-8-7-9-12-28)38-19-21-42-22-20-38/h7-18,23H,19-22H2,1-6H3,(H,36,40). The summed E-state index contributed by atoms with van der Waals surface area (Å²) in [5.74, 6) is -0.156. The second kappa shape index (κ2) is 12.0. The number of nitrogens with one attached hydrogen (secondary N) is 1. The van der Waals surface area contributed by atoms with Gasteiger partial charge < -0.3 is 14.6 Å². The summed E-state index contributed by atoms with van der Waals surface area (Å²) in [6, 6.07) is 23.7. The Kier molecular flexibility index (Phi) is 8.34. The number of benzene rings is 3. The van der Waals surface area contributed by atoms with E-state index in [0.29, 0.717) is 37.6 Å².